The Morgan fingerprint density at radius 3 is 2.87 bits per heavy atom. The van der Waals surface area contributed by atoms with Gasteiger partial charge in [-0.25, -0.2) is 9.18 Å². The highest BCUT2D eigenvalue weighted by atomic mass is 19.1. The van der Waals surface area contributed by atoms with Gasteiger partial charge in [-0.3, -0.25) is 5.84 Å². The summed E-state index contributed by atoms with van der Waals surface area (Å²) >= 11 is 0. The Kier molecular flexibility index (Phi) is 3.82. The minimum Gasteiger partial charge on any atom is -0.466 e. The van der Waals surface area contributed by atoms with Crippen molar-refractivity contribution in [2.45, 2.75) is 0 Å². The Hall–Kier alpha value is -1.88. The zero-order valence-corrected chi connectivity index (χ0v) is 8.16. The second-order valence-electron chi connectivity index (χ2n) is 2.74. The topological polar surface area (TPSA) is 64.3 Å². The number of hydrogen-bond acceptors (Lipinski definition) is 4. The van der Waals surface area contributed by atoms with Crippen molar-refractivity contribution in [3.63, 3.8) is 0 Å². The number of esters is 1. The molecule has 0 spiro atoms. The van der Waals surface area contributed by atoms with Gasteiger partial charge in [0.15, 0.2) is 0 Å². The average Bonchev–Trinajstić information content (AvgIpc) is 2.26. The lowest BCUT2D eigenvalue weighted by Crippen LogP contribution is -2.08. The number of nitrogens with two attached hydrogens (primary N) is 1. The Balaban J connectivity index is 2.84. The van der Waals surface area contributed by atoms with Crippen LogP contribution in [0.1, 0.15) is 5.56 Å². The van der Waals surface area contributed by atoms with Gasteiger partial charge >= 0.3 is 5.97 Å². The van der Waals surface area contributed by atoms with Crippen LogP contribution in [-0.2, 0) is 9.53 Å². The summed E-state index contributed by atoms with van der Waals surface area (Å²) in [5, 5.41) is 0. The Bertz CT molecular complexity index is 391. The molecule has 0 heterocycles. The van der Waals surface area contributed by atoms with E-state index >= 15 is 0 Å². The van der Waals surface area contributed by atoms with Gasteiger partial charge < -0.3 is 10.2 Å². The first-order chi connectivity index (χ1) is 7.17. The van der Waals surface area contributed by atoms with E-state index in [4.69, 9.17) is 5.84 Å². The van der Waals surface area contributed by atoms with E-state index in [9.17, 15) is 9.18 Å². The van der Waals surface area contributed by atoms with Crippen LogP contribution in [0.5, 0.6) is 0 Å². The molecule has 1 aromatic rings. The van der Waals surface area contributed by atoms with Crippen LogP contribution in [-0.4, -0.2) is 13.1 Å². The molecule has 0 fully saturated rings. The summed E-state index contributed by atoms with van der Waals surface area (Å²) in [4.78, 5) is 10.8. The van der Waals surface area contributed by atoms with Gasteiger partial charge in [-0.05, 0) is 23.8 Å². The molecule has 1 rings (SSSR count). The third-order valence-electron chi connectivity index (χ3n) is 1.76. The van der Waals surface area contributed by atoms with Crippen molar-refractivity contribution in [1.82, 2.24) is 0 Å². The van der Waals surface area contributed by atoms with Crippen LogP contribution in [0, 0.1) is 5.82 Å². The van der Waals surface area contributed by atoms with E-state index in [1.807, 2.05) is 0 Å². The van der Waals surface area contributed by atoms with Gasteiger partial charge in [0.2, 0.25) is 0 Å². The zero-order valence-electron chi connectivity index (χ0n) is 8.16. The quantitative estimate of drug-likeness (QED) is 0.341. The van der Waals surface area contributed by atoms with Gasteiger partial charge in [-0.15, -0.1) is 0 Å². The third kappa shape index (κ3) is 3.07. The van der Waals surface area contributed by atoms with Crippen molar-refractivity contribution >= 4 is 17.7 Å². The van der Waals surface area contributed by atoms with E-state index in [1.165, 1.54) is 31.4 Å². The van der Waals surface area contributed by atoms with E-state index in [-0.39, 0.29) is 5.69 Å². The Morgan fingerprint density at radius 2 is 2.33 bits per heavy atom. The molecule has 0 aliphatic heterocycles. The number of carbonyl (C=O) groups excluding carboxylic acids is 1. The molecule has 1 aromatic carbocycles. The first-order valence-corrected chi connectivity index (χ1v) is 4.19. The van der Waals surface area contributed by atoms with Gasteiger partial charge in [0.1, 0.15) is 5.82 Å². The maximum absolute atomic E-state index is 13.2. The normalized spacial score (nSPS) is 10.3. The fraction of sp³-hybridized carbons (Fsp3) is 0.100. The summed E-state index contributed by atoms with van der Waals surface area (Å²) in [5.41, 5.74) is 2.96. The van der Waals surface area contributed by atoms with Crippen molar-refractivity contribution in [2.75, 3.05) is 12.5 Å². The van der Waals surface area contributed by atoms with Gasteiger partial charge in [-0.2, -0.15) is 0 Å². The number of anilines is 1. The third-order valence-corrected chi connectivity index (χ3v) is 1.76. The number of benzene rings is 1. The van der Waals surface area contributed by atoms with Crippen molar-refractivity contribution < 1.29 is 13.9 Å². The van der Waals surface area contributed by atoms with Crippen molar-refractivity contribution in [3.8, 4) is 0 Å². The SMILES string of the molecule is COC(=O)C=Cc1ccc(NN)c(F)c1. The van der Waals surface area contributed by atoms with Gasteiger partial charge in [0, 0.05) is 6.08 Å². The van der Waals surface area contributed by atoms with Gasteiger partial charge in [0.25, 0.3) is 0 Å². The number of nitrogens with one attached hydrogen (secondary N) is 1. The predicted octanol–water partition coefficient (Wildman–Crippen LogP) is 1.30. The molecule has 0 atom stereocenters. The molecule has 0 saturated carbocycles. The summed E-state index contributed by atoms with van der Waals surface area (Å²) in [7, 11) is 1.27. The smallest absolute Gasteiger partial charge is 0.330 e. The standard InChI is InChI=1S/C10H11FN2O2/c1-15-10(14)5-3-7-2-4-9(13-12)8(11)6-7/h2-6,13H,12H2,1H3. The maximum Gasteiger partial charge on any atom is 0.330 e. The molecule has 0 aliphatic rings. The number of hydrazine groups is 1. The molecule has 0 unspecified atom stereocenters. The molecule has 5 heteroatoms. The fourth-order valence-electron chi connectivity index (χ4n) is 0.984. The monoisotopic (exact) mass is 210 g/mol. The first-order valence-electron chi connectivity index (χ1n) is 4.19. The Morgan fingerprint density at radius 1 is 1.60 bits per heavy atom. The predicted molar refractivity (Wildman–Crippen MR) is 55.3 cm³/mol. The largest absolute Gasteiger partial charge is 0.466 e. The van der Waals surface area contributed by atoms with Gasteiger partial charge in [0.05, 0.1) is 12.8 Å². The number of halogens is 1. The van der Waals surface area contributed by atoms with E-state index < -0.39 is 11.8 Å². The Labute approximate surface area is 86.5 Å². The van der Waals surface area contributed by atoms with Crippen LogP contribution >= 0.6 is 0 Å². The van der Waals surface area contributed by atoms with Gasteiger partial charge in [-0.1, -0.05) is 6.07 Å². The van der Waals surface area contributed by atoms with Crippen LogP contribution in [0.2, 0.25) is 0 Å². The van der Waals surface area contributed by atoms with E-state index in [0.717, 1.165) is 0 Å². The molecule has 0 aliphatic carbocycles. The second-order valence-corrected chi connectivity index (χ2v) is 2.74. The van der Waals surface area contributed by atoms with Crippen LogP contribution in [0.3, 0.4) is 0 Å². The molecule has 80 valence electrons. The van der Waals surface area contributed by atoms with Crippen LogP contribution in [0.25, 0.3) is 6.08 Å². The lowest BCUT2D eigenvalue weighted by molar-refractivity contribution is -0.134. The maximum atomic E-state index is 13.2. The lowest BCUT2D eigenvalue weighted by Gasteiger charge is -2.01. The molecule has 0 bridgehead atoms. The second kappa shape index (κ2) is 5.11. The lowest BCUT2D eigenvalue weighted by atomic mass is 10.2. The number of ether oxygens (including phenoxy) is 1. The van der Waals surface area contributed by atoms with Crippen molar-refractivity contribution in [2.24, 2.45) is 5.84 Å². The molecule has 0 radical (unpaired) electrons. The molecule has 3 N–H and O–H groups in total. The molecule has 0 aromatic heterocycles. The molecule has 15 heavy (non-hydrogen) atoms. The molecule has 0 saturated heterocycles. The van der Waals surface area contributed by atoms with E-state index in [0.29, 0.717) is 5.56 Å². The van der Waals surface area contributed by atoms with Crippen molar-refractivity contribution in [3.05, 3.63) is 35.7 Å². The highest BCUT2D eigenvalue weighted by Crippen LogP contribution is 2.15. The molecule has 0 amide bonds. The fourth-order valence-corrected chi connectivity index (χ4v) is 0.984. The van der Waals surface area contributed by atoms with Crippen LogP contribution in [0.4, 0.5) is 10.1 Å². The van der Waals surface area contributed by atoms with Crippen molar-refractivity contribution in [1.29, 1.82) is 0 Å². The molecular formula is C10H11FN2O2. The number of rotatable bonds is 3. The zero-order chi connectivity index (χ0) is 11.3. The molecule has 4 nitrogen and oxygen atoms in total. The van der Waals surface area contributed by atoms with Crippen LogP contribution < -0.4 is 11.3 Å². The number of carbonyl (C=O) groups is 1. The summed E-state index contributed by atoms with van der Waals surface area (Å²) in [6.45, 7) is 0. The minimum absolute atomic E-state index is 0.199. The molecular weight excluding hydrogens is 199 g/mol. The van der Waals surface area contributed by atoms with E-state index in [1.54, 1.807) is 6.07 Å². The first kappa shape index (κ1) is 11.2. The average molecular weight is 210 g/mol. The minimum atomic E-state index is -0.489. The summed E-state index contributed by atoms with van der Waals surface area (Å²) in [5.74, 6) is 4.09. The highest BCUT2D eigenvalue weighted by molar-refractivity contribution is 5.86. The van der Waals surface area contributed by atoms with E-state index in [2.05, 4.69) is 10.2 Å². The summed E-state index contributed by atoms with van der Waals surface area (Å²) < 4.78 is 17.6. The summed E-state index contributed by atoms with van der Waals surface area (Å²) in [6, 6.07) is 4.36. The summed E-state index contributed by atoms with van der Waals surface area (Å²) in [6.07, 6.45) is 2.67. The number of hydrogen-bond donors (Lipinski definition) is 2. The number of methoxy groups -OCH3 is 1. The van der Waals surface area contributed by atoms with Crippen LogP contribution in [0.15, 0.2) is 24.3 Å². The number of nitrogen functional groups attached to an aromatic ring is 1. The highest BCUT2D eigenvalue weighted by Gasteiger charge is 2.00.